The van der Waals surface area contributed by atoms with E-state index in [1.807, 2.05) is 7.05 Å². The topological polar surface area (TPSA) is 67.1 Å². The summed E-state index contributed by atoms with van der Waals surface area (Å²) in [6.45, 7) is 2.21. The average molecular weight is 197 g/mol. The van der Waals surface area contributed by atoms with E-state index in [1.54, 1.807) is 4.68 Å². The third-order valence-corrected chi connectivity index (χ3v) is 2.70. The molecule has 1 aliphatic heterocycles. The Kier molecular flexibility index (Phi) is 2.62. The van der Waals surface area contributed by atoms with Crippen molar-refractivity contribution in [3.05, 3.63) is 0 Å². The van der Waals surface area contributed by atoms with Gasteiger partial charge in [-0.15, -0.1) is 0 Å². The number of aliphatic hydroxyl groups excluding tert-OH is 1. The van der Waals surface area contributed by atoms with Gasteiger partial charge in [0, 0.05) is 26.7 Å². The van der Waals surface area contributed by atoms with Crippen LogP contribution in [-0.2, 0) is 7.05 Å². The van der Waals surface area contributed by atoms with E-state index in [9.17, 15) is 0 Å². The Labute approximate surface area is 82.5 Å². The lowest BCUT2D eigenvalue weighted by molar-refractivity contribution is 0.263. The summed E-state index contributed by atoms with van der Waals surface area (Å²) < 4.78 is 1.68. The maximum Gasteiger partial charge on any atom is 0.245 e. The lowest BCUT2D eigenvalue weighted by atomic mass is 10.1. The van der Waals surface area contributed by atoms with Gasteiger partial charge in [-0.3, -0.25) is 0 Å². The standard InChI is InChI=1S/C8H15N5O/c1-12-8(9-10-11-12)13-4-2-7(6-13)3-5-14/h7,14H,2-6H2,1H3. The van der Waals surface area contributed by atoms with Crippen molar-refractivity contribution in [2.45, 2.75) is 12.8 Å². The second kappa shape index (κ2) is 3.91. The molecule has 6 heteroatoms. The normalized spacial score (nSPS) is 21.9. The maximum absolute atomic E-state index is 8.83. The van der Waals surface area contributed by atoms with Crippen LogP contribution in [0, 0.1) is 5.92 Å². The molecular weight excluding hydrogens is 182 g/mol. The third kappa shape index (κ3) is 1.70. The highest BCUT2D eigenvalue weighted by Gasteiger charge is 2.24. The Morgan fingerprint density at radius 3 is 3.07 bits per heavy atom. The van der Waals surface area contributed by atoms with Crippen LogP contribution in [0.1, 0.15) is 12.8 Å². The summed E-state index contributed by atoms with van der Waals surface area (Å²) in [7, 11) is 1.84. The van der Waals surface area contributed by atoms with Crippen molar-refractivity contribution >= 4 is 5.95 Å². The number of rotatable bonds is 3. The molecule has 2 heterocycles. The summed E-state index contributed by atoms with van der Waals surface area (Å²) in [5.41, 5.74) is 0. The van der Waals surface area contributed by atoms with Gasteiger partial charge in [-0.2, -0.15) is 0 Å². The number of hydrogen-bond donors (Lipinski definition) is 1. The van der Waals surface area contributed by atoms with Gasteiger partial charge in [0.2, 0.25) is 5.95 Å². The second-order valence-electron chi connectivity index (χ2n) is 3.72. The molecule has 0 spiro atoms. The lowest BCUT2D eigenvalue weighted by Crippen LogP contribution is -2.23. The van der Waals surface area contributed by atoms with Gasteiger partial charge in [0.05, 0.1) is 0 Å². The van der Waals surface area contributed by atoms with E-state index in [4.69, 9.17) is 5.11 Å². The van der Waals surface area contributed by atoms with Crippen molar-refractivity contribution in [2.24, 2.45) is 13.0 Å². The van der Waals surface area contributed by atoms with E-state index in [0.717, 1.165) is 31.9 Å². The Morgan fingerprint density at radius 2 is 2.43 bits per heavy atom. The summed E-state index contributed by atoms with van der Waals surface area (Å²) in [4.78, 5) is 2.17. The molecule has 1 aliphatic rings. The first-order chi connectivity index (χ1) is 6.81. The fourth-order valence-corrected chi connectivity index (χ4v) is 1.93. The number of hydrogen-bond acceptors (Lipinski definition) is 5. The van der Waals surface area contributed by atoms with Crippen LogP contribution in [0.4, 0.5) is 5.95 Å². The molecule has 0 bridgehead atoms. The zero-order valence-corrected chi connectivity index (χ0v) is 8.30. The molecule has 1 fully saturated rings. The molecule has 0 saturated carbocycles. The quantitative estimate of drug-likeness (QED) is 0.702. The highest BCUT2D eigenvalue weighted by molar-refractivity contribution is 5.29. The van der Waals surface area contributed by atoms with Crippen LogP contribution in [0.15, 0.2) is 0 Å². The summed E-state index contributed by atoms with van der Waals surface area (Å²) in [6.07, 6.45) is 2.00. The molecule has 0 aliphatic carbocycles. The first-order valence-electron chi connectivity index (χ1n) is 4.89. The van der Waals surface area contributed by atoms with E-state index in [1.165, 1.54) is 0 Å². The fourth-order valence-electron chi connectivity index (χ4n) is 1.93. The molecule has 6 nitrogen and oxygen atoms in total. The minimum atomic E-state index is 0.273. The van der Waals surface area contributed by atoms with Crippen molar-refractivity contribution in [1.82, 2.24) is 20.2 Å². The molecule has 1 aromatic heterocycles. The van der Waals surface area contributed by atoms with Gasteiger partial charge >= 0.3 is 0 Å². The van der Waals surface area contributed by atoms with Gasteiger partial charge in [0.15, 0.2) is 0 Å². The first-order valence-corrected chi connectivity index (χ1v) is 4.89. The number of anilines is 1. The molecule has 14 heavy (non-hydrogen) atoms. The predicted octanol–water partition coefficient (Wildman–Crippen LogP) is -0.581. The van der Waals surface area contributed by atoms with Crippen LogP contribution in [0.3, 0.4) is 0 Å². The van der Waals surface area contributed by atoms with Crippen molar-refractivity contribution < 1.29 is 5.11 Å². The van der Waals surface area contributed by atoms with Crippen LogP contribution >= 0.6 is 0 Å². The molecule has 0 radical (unpaired) electrons. The van der Waals surface area contributed by atoms with E-state index in [2.05, 4.69) is 20.4 Å². The number of nitrogens with zero attached hydrogens (tertiary/aromatic N) is 5. The van der Waals surface area contributed by atoms with Gasteiger partial charge in [-0.25, -0.2) is 4.68 Å². The van der Waals surface area contributed by atoms with Gasteiger partial charge in [-0.05, 0) is 29.2 Å². The molecule has 2 rings (SSSR count). The van der Waals surface area contributed by atoms with Crippen molar-refractivity contribution in [3.8, 4) is 0 Å². The smallest absolute Gasteiger partial charge is 0.245 e. The highest BCUT2D eigenvalue weighted by atomic mass is 16.3. The molecule has 1 unspecified atom stereocenters. The molecule has 0 aromatic carbocycles. The Hall–Kier alpha value is -1.17. The SMILES string of the molecule is Cn1nnnc1N1CCC(CCO)C1. The summed E-state index contributed by atoms with van der Waals surface area (Å²) in [6, 6.07) is 0. The second-order valence-corrected chi connectivity index (χ2v) is 3.72. The van der Waals surface area contributed by atoms with Crippen molar-refractivity contribution in [3.63, 3.8) is 0 Å². The van der Waals surface area contributed by atoms with E-state index in [0.29, 0.717) is 5.92 Å². The fraction of sp³-hybridized carbons (Fsp3) is 0.875. The van der Waals surface area contributed by atoms with E-state index in [-0.39, 0.29) is 6.61 Å². The average Bonchev–Trinajstić information content (AvgIpc) is 2.74. The van der Waals surface area contributed by atoms with Crippen molar-refractivity contribution in [2.75, 3.05) is 24.6 Å². The van der Waals surface area contributed by atoms with E-state index >= 15 is 0 Å². The van der Waals surface area contributed by atoms with Crippen LogP contribution in [0.25, 0.3) is 0 Å². The van der Waals surface area contributed by atoms with Crippen molar-refractivity contribution in [1.29, 1.82) is 0 Å². The number of tetrazole rings is 1. The number of aliphatic hydroxyl groups is 1. The Morgan fingerprint density at radius 1 is 1.57 bits per heavy atom. The van der Waals surface area contributed by atoms with Gasteiger partial charge in [-0.1, -0.05) is 5.10 Å². The van der Waals surface area contributed by atoms with Crippen LogP contribution in [0.2, 0.25) is 0 Å². The molecule has 1 aromatic rings. The predicted molar refractivity (Wildman–Crippen MR) is 50.8 cm³/mol. The monoisotopic (exact) mass is 197 g/mol. The zero-order valence-electron chi connectivity index (χ0n) is 8.30. The summed E-state index contributed by atoms with van der Waals surface area (Å²) in [5, 5.41) is 20.2. The van der Waals surface area contributed by atoms with Gasteiger partial charge in [0.25, 0.3) is 0 Å². The van der Waals surface area contributed by atoms with Crippen LogP contribution < -0.4 is 4.90 Å². The third-order valence-electron chi connectivity index (χ3n) is 2.70. The van der Waals surface area contributed by atoms with Crippen LogP contribution in [-0.4, -0.2) is 45.0 Å². The molecule has 1 atom stereocenters. The summed E-state index contributed by atoms with van der Waals surface area (Å²) in [5.74, 6) is 1.40. The summed E-state index contributed by atoms with van der Waals surface area (Å²) >= 11 is 0. The van der Waals surface area contributed by atoms with E-state index < -0.39 is 0 Å². The molecular formula is C8H15N5O. The molecule has 78 valence electrons. The number of aryl methyl sites for hydroxylation is 1. The van der Waals surface area contributed by atoms with Gasteiger partial charge < -0.3 is 10.0 Å². The zero-order chi connectivity index (χ0) is 9.97. The molecule has 1 N–H and O–H groups in total. The molecule has 1 saturated heterocycles. The molecule has 0 amide bonds. The first kappa shape index (κ1) is 9.39. The highest BCUT2D eigenvalue weighted by Crippen LogP contribution is 2.22. The largest absolute Gasteiger partial charge is 0.396 e. The Bertz CT molecular complexity index is 300. The van der Waals surface area contributed by atoms with Gasteiger partial charge in [0.1, 0.15) is 0 Å². The minimum absolute atomic E-state index is 0.273. The minimum Gasteiger partial charge on any atom is -0.396 e. The Balaban J connectivity index is 1.99. The lowest BCUT2D eigenvalue weighted by Gasteiger charge is -2.15. The van der Waals surface area contributed by atoms with Crippen LogP contribution in [0.5, 0.6) is 0 Å². The maximum atomic E-state index is 8.83. The number of aromatic nitrogens is 4.